The number of hydrogen-bond donors (Lipinski definition) is 2. The minimum Gasteiger partial charge on any atom is -0.463 e. The Balaban J connectivity index is 2.84. The van der Waals surface area contributed by atoms with Crippen LogP contribution in [0.2, 0.25) is 0 Å². The maximum atomic E-state index is 11.4. The van der Waals surface area contributed by atoms with Crippen molar-refractivity contribution < 1.29 is 14.6 Å². The molecule has 2 N–H and O–H groups in total. The number of nitrogens with zero attached hydrogens (tertiary/aromatic N) is 2. The predicted octanol–water partition coefficient (Wildman–Crippen LogP) is 1.53. The van der Waals surface area contributed by atoms with E-state index in [2.05, 4.69) is 20.0 Å². The smallest absolute Gasteiger partial charge is 0.376 e. The maximum absolute atomic E-state index is 11.4. The Morgan fingerprint density at radius 1 is 1.42 bits per heavy atom. The van der Waals surface area contributed by atoms with Crippen molar-refractivity contribution in [3.05, 3.63) is 17.6 Å². The van der Waals surface area contributed by atoms with Crippen LogP contribution in [0.3, 0.4) is 0 Å². The van der Waals surface area contributed by atoms with Gasteiger partial charge in [0.15, 0.2) is 0 Å². The first-order valence-electron chi connectivity index (χ1n) is 6.34. The molecule has 0 bridgehead atoms. The van der Waals surface area contributed by atoms with E-state index >= 15 is 0 Å². The van der Waals surface area contributed by atoms with E-state index in [0.29, 0.717) is 30.9 Å². The molecule has 0 aliphatic rings. The summed E-state index contributed by atoms with van der Waals surface area (Å²) in [5.74, 6) is -0.0530. The van der Waals surface area contributed by atoms with Crippen LogP contribution in [0, 0.1) is 6.92 Å². The van der Waals surface area contributed by atoms with Crippen LogP contribution in [0.1, 0.15) is 43.0 Å². The van der Waals surface area contributed by atoms with Crippen molar-refractivity contribution >= 4 is 11.8 Å². The van der Waals surface area contributed by atoms with Gasteiger partial charge in [0.05, 0.1) is 12.7 Å². The molecule has 19 heavy (non-hydrogen) atoms. The van der Waals surface area contributed by atoms with Gasteiger partial charge in [0.1, 0.15) is 5.82 Å². The van der Waals surface area contributed by atoms with Crippen LogP contribution in [0.5, 0.6) is 0 Å². The highest BCUT2D eigenvalue weighted by Crippen LogP contribution is 2.16. The van der Waals surface area contributed by atoms with Gasteiger partial charge in [-0.05, 0) is 19.8 Å². The zero-order valence-corrected chi connectivity index (χ0v) is 11.9. The summed E-state index contributed by atoms with van der Waals surface area (Å²) in [7, 11) is 1.29. The number of carbonyl (C=O) groups is 1. The van der Waals surface area contributed by atoms with Crippen molar-refractivity contribution in [3.63, 3.8) is 0 Å². The number of esters is 1. The van der Waals surface area contributed by atoms with Gasteiger partial charge in [-0.25, -0.2) is 14.8 Å². The average Bonchev–Trinajstić information content (AvgIpc) is 2.43. The number of hydrogen-bond acceptors (Lipinski definition) is 6. The summed E-state index contributed by atoms with van der Waals surface area (Å²) in [6.07, 6.45) is 1.29. The molecule has 1 heterocycles. The standard InChI is InChI=1S/C13H21N3O3/c1-5-13(18,6-2)8-14-10-7-9(3)15-11(16-10)12(17)19-4/h7,18H,5-6,8H2,1-4H3,(H,14,15,16). The first-order chi connectivity index (χ1) is 8.94. The lowest BCUT2D eigenvalue weighted by Gasteiger charge is -2.25. The van der Waals surface area contributed by atoms with Crippen molar-refractivity contribution in [1.29, 1.82) is 0 Å². The molecule has 0 amide bonds. The van der Waals surface area contributed by atoms with Gasteiger partial charge in [-0.2, -0.15) is 0 Å². The molecule has 1 aromatic rings. The highest BCUT2D eigenvalue weighted by Gasteiger charge is 2.22. The molecule has 0 aromatic carbocycles. The Labute approximate surface area is 113 Å². The summed E-state index contributed by atoms with van der Waals surface area (Å²) in [6.45, 7) is 5.99. The molecular weight excluding hydrogens is 246 g/mol. The third kappa shape index (κ3) is 4.17. The minimum atomic E-state index is -0.774. The van der Waals surface area contributed by atoms with Crippen LogP contribution in [0.15, 0.2) is 6.07 Å². The molecule has 106 valence electrons. The van der Waals surface area contributed by atoms with Gasteiger partial charge < -0.3 is 15.2 Å². The molecule has 1 aromatic heterocycles. The lowest BCUT2D eigenvalue weighted by molar-refractivity contribution is 0.0456. The maximum Gasteiger partial charge on any atom is 0.376 e. The van der Waals surface area contributed by atoms with Gasteiger partial charge in [0, 0.05) is 18.3 Å². The van der Waals surface area contributed by atoms with Crippen LogP contribution in [0.4, 0.5) is 5.82 Å². The molecule has 6 heteroatoms. The molecule has 0 saturated heterocycles. The predicted molar refractivity (Wildman–Crippen MR) is 72.1 cm³/mol. The summed E-state index contributed by atoms with van der Waals surface area (Å²) >= 11 is 0. The topological polar surface area (TPSA) is 84.3 Å². The van der Waals surface area contributed by atoms with Gasteiger partial charge >= 0.3 is 5.97 Å². The van der Waals surface area contributed by atoms with E-state index in [4.69, 9.17) is 0 Å². The monoisotopic (exact) mass is 267 g/mol. The molecule has 0 unspecified atom stereocenters. The number of carbonyl (C=O) groups excluding carboxylic acids is 1. The fourth-order valence-electron chi connectivity index (χ4n) is 1.60. The largest absolute Gasteiger partial charge is 0.463 e. The highest BCUT2D eigenvalue weighted by atomic mass is 16.5. The second-order valence-corrected chi connectivity index (χ2v) is 4.49. The number of nitrogens with one attached hydrogen (secondary N) is 1. The number of aliphatic hydroxyl groups is 1. The van der Waals surface area contributed by atoms with E-state index in [9.17, 15) is 9.90 Å². The highest BCUT2D eigenvalue weighted by molar-refractivity contribution is 5.85. The molecule has 6 nitrogen and oxygen atoms in total. The summed E-state index contributed by atoms with van der Waals surface area (Å²) in [5.41, 5.74) is -0.112. The van der Waals surface area contributed by atoms with Crippen molar-refractivity contribution in [2.24, 2.45) is 0 Å². The summed E-state index contributed by atoms with van der Waals surface area (Å²) in [4.78, 5) is 19.5. The van der Waals surface area contributed by atoms with Crippen molar-refractivity contribution in [1.82, 2.24) is 9.97 Å². The third-order valence-corrected chi connectivity index (χ3v) is 3.14. The van der Waals surface area contributed by atoms with Crippen LogP contribution in [0.25, 0.3) is 0 Å². The molecule has 0 spiro atoms. The molecule has 1 rings (SSSR count). The second-order valence-electron chi connectivity index (χ2n) is 4.49. The fourth-order valence-corrected chi connectivity index (χ4v) is 1.60. The molecule has 0 fully saturated rings. The fraction of sp³-hybridized carbons (Fsp3) is 0.615. The minimum absolute atomic E-state index is 0.0153. The second kappa shape index (κ2) is 6.47. The first-order valence-corrected chi connectivity index (χ1v) is 6.34. The van der Waals surface area contributed by atoms with Crippen LogP contribution in [-0.2, 0) is 4.74 Å². The number of rotatable bonds is 6. The van der Waals surface area contributed by atoms with Crippen LogP contribution in [-0.4, -0.2) is 40.3 Å². The van der Waals surface area contributed by atoms with Crippen LogP contribution >= 0.6 is 0 Å². The van der Waals surface area contributed by atoms with Gasteiger partial charge in [-0.15, -0.1) is 0 Å². The Morgan fingerprint density at radius 2 is 2.05 bits per heavy atom. The van der Waals surface area contributed by atoms with Crippen molar-refractivity contribution in [2.75, 3.05) is 19.0 Å². The van der Waals surface area contributed by atoms with Gasteiger partial charge in [-0.1, -0.05) is 13.8 Å². The van der Waals surface area contributed by atoms with E-state index in [1.807, 2.05) is 13.8 Å². The quantitative estimate of drug-likeness (QED) is 0.760. The lowest BCUT2D eigenvalue weighted by atomic mass is 9.98. The van der Waals surface area contributed by atoms with Crippen LogP contribution < -0.4 is 5.32 Å². The number of ether oxygens (including phenoxy) is 1. The molecule has 0 saturated carbocycles. The van der Waals surface area contributed by atoms with Gasteiger partial charge in [0.25, 0.3) is 0 Å². The van der Waals surface area contributed by atoms with E-state index in [1.165, 1.54) is 7.11 Å². The molecule has 0 aliphatic heterocycles. The number of anilines is 1. The van der Waals surface area contributed by atoms with E-state index in [0.717, 1.165) is 0 Å². The van der Waals surface area contributed by atoms with Gasteiger partial charge in [-0.3, -0.25) is 0 Å². The summed E-state index contributed by atoms with van der Waals surface area (Å²) < 4.78 is 4.59. The Morgan fingerprint density at radius 3 is 2.58 bits per heavy atom. The molecular formula is C13H21N3O3. The lowest BCUT2D eigenvalue weighted by Crippen LogP contribution is -2.35. The zero-order valence-electron chi connectivity index (χ0n) is 11.9. The number of aryl methyl sites for hydroxylation is 1. The number of methoxy groups -OCH3 is 1. The van der Waals surface area contributed by atoms with E-state index in [1.54, 1.807) is 13.0 Å². The normalized spacial score (nSPS) is 11.2. The SMILES string of the molecule is CCC(O)(CC)CNc1cc(C)nc(C(=O)OC)n1. The van der Waals surface area contributed by atoms with Crippen molar-refractivity contribution in [3.8, 4) is 0 Å². The Hall–Kier alpha value is -1.69. The summed E-state index contributed by atoms with van der Waals surface area (Å²) in [5, 5.41) is 13.2. The summed E-state index contributed by atoms with van der Waals surface area (Å²) in [6, 6.07) is 1.72. The van der Waals surface area contributed by atoms with E-state index < -0.39 is 11.6 Å². The van der Waals surface area contributed by atoms with E-state index in [-0.39, 0.29) is 5.82 Å². The number of aromatic nitrogens is 2. The van der Waals surface area contributed by atoms with Gasteiger partial charge in [0.2, 0.25) is 5.82 Å². The molecule has 0 radical (unpaired) electrons. The molecule has 0 aliphatic carbocycles. The Kier molecular flexibility index (Phi) is 5.23. The Bertz CT molecular complexity index is 445. The molecule has 0 atom stereocenters. The average molecular weight is 267 g/mol. The van der Waals surface area contributed by atoms with Crippen molar-refractivity contribution in [2.45, 2.75) is 39.2 Å². The zero-order chi connectivity index (χ0) is 14.5. The first kappa shape index (κ1) is 15.4. The third-order valence-electron chi connectivity index (χ3n) is 3.14.